The fourth-order valence-corrected chi connectivity index (χ4v) is 6.89. The van der Waals surface area contributed by atoms with Crippen LogP contribution >= 0.6 is 0 Å². The molecule has 20 heteroatoms. The number of primary amides is 1. The van der Waals surface area contributed by atoms with Crippen molar-refractivity contribution in [1.29, 1.82) is 0 Å². The third-order valence-corrected chi connectivity index (χ3v) is 10.4. The van der Waals surface area contributed by atoms with E-state index >= 15 is 0 Å². The summed E-state index contributed by atoms with van der Waals surface area (Å²) in [4.78, 5) is 111. The van der Waals surface area contributed by atoms with Crippen molar-refractivity contribution in [2.24, 2.45) is 39.8 Å². The van der Waals surface area contributed by atoms with Crippen LogP contribution in [0.4, 0.5) is 0 Å². The molecule has 66 heavy (non-hydrogen) atoms. The zero-order valence-corrected chi connectivity index (χ0v) is 39.1. The molecule has 7 atom stereocenters. The van der Waals surface area contributed by atoms with Crippen molar-refractivity contribution in [3.8, 4) is 0 Å². The Kier molecular flexibility index (Phi) is 24.5. The number of rotatable bonds is 29. The number of hydrogen-bond acceptors (Lipinski definition) is 10. The van der Waals surface area contributed by atoms with Crippen LogP contribution in [-0.2, 0) is 51.2 Å². The highest BCUT2D eigenvalue weighted by Gasteiger charge is 2.34. The van der Waals surface area contributed by atoms with E-state index in [1.165, 1.54) is 13.8 Å². The van der Waals surface area contributed by atoms with Gasteiger partial charge >= 0.3 is 0 Å². The molecule has 2 aromatic rings. The Morgan fingerprint density at radius 1 is 0.530 bits per heavy atom. The molecule has 0 spiro atoms. The lowest BCUT2D eigenvalue weighted by molar-refractivity contribution is -0.136. The highest BCUT2D eigenvalue weighted by Crippen LogP contribution is 2.12. The maximum Gasteiger partial charge on any atom is 0.243 e. The van der Waals surface area contributed by atoms with Crippen LogP contribution in [0, 0.1) is 11.8 Å². The van der Waals surface area contributed by atoms with Crippen molar-refractivity contribution < 1.29 is 38.4 Å². The fraction of sp³-hybridized carbons (Fsp3) is 0.543. The van der Waals surface area contributed by atoms with Crippen molar-refractivity contribution >= 4 is 53.2 Å². The maximum atomic E-state index is 14.4. The predicted molar refractivity (Wildman–Crippen MR) is 251 cm³/mol. The van der Waals surface area contributed by atoms with Gasteiger partial charge in [0.15, 0.2) is 5.96 Å². The van der Waals surface area contributed by atoms with Gasteiger partial charge in [0.2, 0.25) is 47.3 Å². The normalized spacial score (nSPS) is 14.2. The minimum absolute atomic E-state index is 0.00773. The highest BCUT2D eigenvalue weighted by atomic mass is 16.2. The van der Waals surface area contributed by atoms with Gasteiger partial charge < -0.3 is 60.2 Å². The molecule has 0 saturated heterocycles. The molecule has 0 aliphatic rings. The smallest absolute Gasteiger partial charge is 0.243 e. The molecule has 15 N–H and O–H groups in total. The van der Waals surface area contributed by atoms with Gasteiger partial charge in [0.05, 0.1) is 0 Å². The predicted octanol–water partition coefficient (Wildman–Crippen LogP) is -0.725. The minimum atomic E-state index is -1.27. The van der Waals surface area contributed by atoms with Gasteiger partial charge in [0.1, 0.15) is 42.3 Å². The number of nitrogens with zero attached hydrogens (tertiary/aromatic N) is 1. The fourth-order valence-electron chi connectivity index (χ4n) is 6.89. The number of aliphatic imine (C=N–C) groups is 1. The summed E-state index contributed by atoms with van der Waals surface area (Å²) in [5, 5.41) is 18.9. The summed E-state index contributed by atoms with van der Waals surface area (Å²) >= 11 is 0. The van der Waals surface area contributed by atoms with Crippen LogP contribution < -0.4 is 60.2 Å². The van der Waals surface area contributed by atoms with Gasteiger partial charge in [-0.25, -0.2) is 0 Å². The second kappa shape index (κ2) is 29.1. The topological polar surface area (TPSA) is 337 Å². The summed E-state index contributed by atoms with van der Waals surface area (Å²) in [6.07, 6.45) is 1.99. The van der Waals surface area contributed by atoms with Gasteiger partial charge in [-0.1, -0.05) is 88.4 Å². The molecule has 20 nitrogen and oxygen atoms in total. The largest absolute Gasteiger partial charge is 0.370 e. The number of benzene rings is 2. The molecular weight excluding hydrogens is 849 g/mol. The van der Waals surface area contributed by atoms with Gasteiger partial charge in [-0.2, -0.15) is 0 Å². The lowest BCUT2D eigenvalue weighted by Crippen LogP contribution is -2.61. The van der Waals surface area contributed by atoms with E-state index < -0.39 is 95.5 Å². The first-order valence-electron chi connectivity index (χ1n) is 22.4. The Labute approximate surface area is 387 Å². The average molecular weight is 921 g/mol. The summed E-state index contributed by atoms with van der Waals surface area (Å²) in [5.41, 5.74) is 23.4. The molecule has 2 rings (SSSR count). The average Bonchev–Trinajstić information content (AvgIpc) is 3.25. The quantitative estimate of drug-likeness (QED) is 0.0275. The van der Waals surface area contributed by atoms with E-state index in [4.69, 9.17) is 22.9 Å². The highest BCUT2D eigenvalue weighted by molar-refractivity contribution is 5.97. The first kappa shape index (κ1) is 55.6. The van der Waals surface area contributed by atoms with E-state index in [-0.39, 0.29) is 50.5 Å². The number of carbonyl (C=O) groups is 8. The first-order chi connectivity index (χ1) is 31.2. The van der Waals surface area contributed by atoms with E-state index in [0.717, 1.165) is 0 Å². The molecule has 0 unspecified atom stereocenters. The number of hydrogen-bond donors (Lipinski definition) is 11. The molecule has 0 heterocycles. The summed E-state index contributed by atoms with van der Waals surface area (Å²) in [6.45, 7) is 10.5. The Balaban J connectivity index is 2.40. The lowest BCUT2D eigenvalue weighted by atomic mass is 9.98. The summed E-state index contributed by atoms with van der Waals surface area (Å²) in [7, 11) is 0. The van der Waals surface area contributed by atoms with E-state index in [0.29, 0.717) is 36.9 Å². The van der Waals surface area contributed by atoms with Crippen molar-refractivity contribution in [3.63, 3.8) is 0 Å². The number of carbonyl (C=O) groups excluding carboxylic acids is 8. The van der Waals surface area contributed by atoms with E-state index in [1.807, 2.05) is 13.8 Å². The van der Waals surface area contributed by atoms with Crippen LogP contribution in [0.2, 0.25) is 0 Å². The van der Waals surface area contributed by atoms with E-state index in [9.17, 15) is 38.4 Å². The summed E-state index contributed by atoms with van der Waals surface area (Å²) < 4.78 is 0. The Hall–Kier alpha value is -6.57. The number of amides is 8. The third kappa shape index (κ3) is 21.0. The van der Waals surface area contributed by atoms with Gasteiger partial charge in [-0.3, -0.25) is 43.3 Å². The van der Waals surface area contributed by atoms with Gasteiger partial charge in [0.25, 0.3) is 0 Å². The van der Waals surface area contributed by atoms with Gasteiger partial charge in [0, 0.05) is 26.3 Å². The molecular formula is C46H72N12O8. The van der Waals surface area contributed by atoms with Crippen molar-refractivity contribution in [3.05, 3.63) is 71.8 Å². The van der Waals surface area contributed by atoms with E-state index in [2.05, 4.69) is 42.2 Å². The molecule has 8 amide bonds. The van der Waals surface area contributed by atoms with E-state index in [1.54, 1.807) is 74.5 Å². The molecule has 364 valence electrons. The van der Waals surface area contributed by atoms with Crippen molar-refractivity contribution in [1.82, 2.24) is 37.2 Å². The van der Waals surface area contributed by atoms with Crippen LogP contribution in [0.3, 0.4) is 0 Å². The number of nitrogens with one attached hydrogen (secondary N) is 7. The zero-order chi connectivity index (χ0) is 49.3. The zero-order valence-electron chi connectivity index (χ0n) is 39.1. The molecule has 0 radical (unpaired) electrons. The summed E-state index contributed by atoms with van der Waals surface area (Å²) in [6, 6.07) is 9.75. The Morgan fingerprint density at radius 2 is 1.00 bits per heavy atom. The minimum Gasteiger partial charge on any atom is -0.370 e. The molecule has 0 aliphatic carbocycles. The molecule has 0 aromatic heterocycles. The number of unbranched alkanes of at least 4 members (excludes halogenated alkanes) is 1. The molecule has 0 saturated carbocycles. The lowest BCUT2D eigenvalue weighted by Gasteiger charge is -2.29. The van der Waals surface area contributed by atoms with Crippen LogP contribution in [0.5, 0.6) is 0 Å². The maximum absolute atomic E-state index is 14.4. The number of guanidine groups is 1. The monoisotopic (exact) mass is 921 g/mol. The van der Waals surface area contributed by atoms with Crippen LogP contribution in [0.1, 0.15) is 91.2 Å². The SMILES string of the molecule is CC(=O)N[C@@H](CC(C)C)C(=O)N[C@H](C(=O)N[C@@H](Cc1ccccc1)C(=O)N[C@@H](Cc1ccccc1)C(=O)N[C@@H](C)C(=O)N[C@@H](CCCN=C(N)N)C(=O)N[C@@H](CCCCN)C(N)=O)C(C)C. The first-order valence-corrected chi connectivity index (χ1v) is 22.4. The molecule has 0 fully saturated rings. The van der Waals surface area contributed by atoms with Gasteiger partial charge in [-0.15, -0.1) is 0 Å². The summed E-state index contributed by atoms with van der Waals surface area (Å²) in [5.74, 6) is -5.84. The second-order valence-corrected chi connectivity index (χ2v) is 17.1. The van der Waals surface area contributed by atoms with Crippen LogP contribution in [-0.4, -0.2) is 109 Å². The Morgan fingerprint density at radius 3 is 1.48 bits per heavy atom. The second-order valence-electron chi connectivity index (χ2n) is 17.1. The third-order valence-electron chi connectivity index (χ3n) is 10.4. The van der Waals surface area contributed by atoms with Gasteiger partial charge in [-0.05, 0) is 75.0 Å². The molecule has 0 aliphatic heterocycles. The standard InChI is InChI=1S/C46H72N12O8/c1-27(2)24-35(53-30(6)59)44(65)58-38(28(3)4)45(66)57-37(26-32-18-11-8-12-19-32)43(64)56-36(25-31-16-9-7-10-17-31)42(63)52-29(5)40(61)55-34(21-15-23-51-46(49)50)41(62)54-33(39(48)60)20-13-14-22-47/h7-12,16-19,27-29,33-38H,13-15,20-26,47H2,1-6H3,(H2,48,60)(H,52,63)(H,53,59)(H,54,62)(H,55,61)(H,56,64)(H,57,66)(H,58,65)(H4,49,50,51)/t29-,33-,34-,35-,36-,37-,38-/m0/s1. The van der Waals surface area contributed by atoms with Crippen LogP contribution in [0.15, 0.2) is 65.7 Å². The number of nitrogens with two attached hydrogens (primary N) is 4. The molecule has 0 bridgehead atoms. The van der Waals surface area contributed by atoms with Crippen molar-refractivity contribution in [2.45, 2.75) is 135 Å². The molecule has 2 aromatic carbocycles. The van der Waals surface area contributed by atoms with Crippen molar-refractivity contribution in [2.75, 3.05) is 13.1 Å². The Bertz CT molecular complexity index is 1930. The van der Waals surface area contributed by atoms with Crippen LogP contribution in [0.25, 0.3) is 0 Å².